The van der Waals surface area contributed by atoms with E-state index in [0.29, 0.717) is 19.4 Å². The van der Waals surface area contributed by atoms with Crippen molar-refractivity contribution in [1.82, 2.24) is 10.6 Å². The Morgan fingerprint density at radius 1 is 0.614 bits per heavy atom. The lowest BCUT2D eigenvalue weighted by Gasteiger charge is -2.17. The Labute approximate surface area is 256 Å². The van der Waals surface area contributed by atoms with Crippen molar-refractivity contribution in [3.63, 3.8) is 0 Å². The second-order valence-electron chi connectivity index (χ2n) is 11.1. The first-order chi connectivity index (χ1) is 21.5. The molecule has 8 nitrogen and oxygen atoms in total. The van der Waals surface area contributed by atoms with Gasteiger partial charge in [-0.15, -0.1) is 0 Å². The minimum absolute atomic E-state index is 0.0199. The number of hydrogen-bond acceptors (Lipinski definition) is 5. The van der Waals surface area contributed by atoms with Crippen LogP contribution in [0.4, 0.5) is 9.59 Å². The van der Waals surface area contributed by atoms with Crippen LogP contribution in [-0.4, -0.2) is 49.1 Å². The molecule has 0 unspecified atom stereocenters. The average molecular weight is 591 g/mol. The quantitative estimate of drug-likeness (QED) is 0.168. The molecule has 2 amide bonds. The molecule has 8 heteroatoms. The number of rotatable bonds is 11. The van der Waals surface area contributed by atoms with E-state index >= 15 is 0 Å². The van der Waals surface area contributed by atoms with Crippen LogP contribution in [-0.2, 0) is 14.3 Å². The van der Waals surface area contributed by atoms with Crippen LogP contribution in [0.2, 0.25) is 0 Å². The fourth-order valence-electron chi connectivity index (χ4n) is 6.35. The van der Waals surface area contributed by atoms with Crippen LogP contribution in [0.25, 0.3) is 22.3 Å². The van der Waals surface area contributed by atoms with E-state index in [1.54, 1.807) is 0 Å². The number of nitrogens with one attached hydrogen (secondary N) is 2. The zero-order valence-corrected chi connectivity index (χ0v) is 24.2. The van der Waals surface area contributed by atoms with Crippen molar-refractivity contribution < 1.29 is 29.0 Å². The van der Waals surface area contributed by atoms with Crippen molar-refractivity contribution in [1.29, 1.82) is 0 Å². The summed E-state index contributed by atoms with van der Waals surface area (Å²) in [4.78, 5) is 36.8. The molecule has 0 spiro atoms. The first-order valence-electron chi connectivity index (χ1n) is 14.9. The van der Waals surface area contributed by atoms with Gasteiger partial charge in [-0.05, 0) is 63.8 Å². The molecule has 6 rings (SSSR count). The summed E-state index contributed by atoms with van der Waals surface area (Å²) in [6.45, 7) is 0.662. The van der Waals surface area contributed by atoms with E-state index in [9.17, 15) is 19.5 Å². The maximum atomic E-state index is 12.6. The molecule has 4 aromatic rings. The summed E-state index contributed by atoms with van der Waals surface area (Å²) in [6, 6.07) is 31.2. The molecule has 0 aromatic heterocycles. The van der Waals surface area contributed by atoms with Gasteiger partial charge >= 0.3 is 18.2 Å². The van der Waals surface area contributed by atoms with E-state index < -0.39 is 24.2 Å². The molecule has 0 saturated heterocycles. The van der Waals surface area contributed by atoms with Crippen molar-refractivity contribution in [2.75, 3.05) is 19.8 Å². The SMILES string of the molecule is O=C(NCCCC[C@@H](NC(=O)OCC1c2ccccc2-c2ccccc21)C(=O)O)OCC1c2ccccc2-c2ccccc21. The van der Waals surface area contributed by atoms with Crippen molar-refractivity contribution in [3.8, 4) is 22.3 Å². The van der Waals surface area contributed by atoms with Crippen molar-refractivity contribution in [2.24, 2.45) is 0 Å². The zero-order chi connectivity index (χ0) is 30.5. The summed E-state index contributed by atoms with van der Waals surface area (Å²) in [5.41, 5.74) is 9.02. The highest BCUT2D eigenvalue weighted by Crippen LogP contribution is 2.45. The summed E-state index contributed by atoms with van der Waals surface area (Å²) in [6.07, 6.45) is -0.0780. The molecule has 2 aliphatic rings. The third kappa shape index (κ3) is 6.01. The third-order valence-electron chi connectivity index (χ3n) is 8.47. The number of fused-ring (bicyclic) bond motifs is 6. The van der Waals surface area contributed by atoms with Crippen LogP contribution < -0.4 is 10.6 Å². The molecule has 1 atom stereocenters. The highest BCUT2D eigenvalue weighted by Gasteiger charge is 2.30. The van der Waals surface area contributed by atoms with E-state index in [2.05, 4.69) is 47.0 Å². The summed E-state index contributed by atoms with van der Waals surface area (Å²) in [5, 5.41) is 14.9. The van der Waals surface area contributed by atoms with Gasteiger partial charge in [0.05, 0.1) is 0 Å². The molecule has 0 heterocycles. The smallest absolute Gasteiger partial charge is 0.407 e. The number of alkyl carbamates (subject to hydrolysis) is 2. The standard InChI is InChI=1S/C36H34N2O6/c39-34(40)33(38-36(42)44-22-32-29-17-7-3-13-25(29)26-14-4-8-18-30(26)32)19-9-10-20-37-35(41)43-21-31-27-15-5-1-11-23(27)24-12-2-6-16-28(24)31/h1-8,11-18,31-33H,9-10,19-22H2,(H,37,41)(H,38,42)(H,39,40)/t33-/m1/s1. The second-order valence-corrected chi connectivity index (χ2v) is 11.1. The molecule has 0 bridgehead atoms. The number of ether oxygens (including phenoxy) is 2. The van der Waals surface area contributed by atoms with E-state index in [1.807, 2.05) is 60.7 Å². The van der Waals surface area contributed by atoms with E-state index in [4.69, 9.17) is 9.47 Å². The molecule has 0 saturated carbocycles. The van der Waals surface area contributed by atoms with Crippen LogP contribution in [0.1, 0.15) is 53.4 Å². The van der Waals surface area contributed by atoms with Crippen LogP contribution in [0.3, 0.4) is 0 Å². The minimum Gasteiger partial charge on any atom is -0.480 e. The van der Waals surface area contributed by atoms with Crippen molar-refractivity contribution >= 4 is 18.2 Å². The van der Waals surface area contributed by atoms with Gasteiger partial charge in [-0.2, -0.15) is 0 Å². The highest BCUT2D eigenvalue weighted by molar-refractivity contribution is 5.81. The van der Waals surface area contributed by atoms with Crippen LogP contribution >= 0.6 is 0 Å². The number of unbranched alkanes of at least 4 members (excludes halogenated alkanes) is 1. The number of carboxylic acids is 1. The minimum atomic E-state index is -1.14. The first kappa shape index (κ1) is 29.0. The average Bonchev–Trinajstić information content (AvgIpc) is 3.54. The van der Waals surface area contributed by atoms with E-state index in [0.717, 1.165) is 44.5 Å². The number of carbonyl (C=O) groups is 3. The van der Waals surface area contributed by atoms with Crippen LogP contribution in [0.15, 0.2) is 97.1 Å². The fraction of sp³-hybridized carbons (Fsp3) is 0.250. The van der Waals surface area contributed by atoms with Gasteiger partial charge in [0.1, 0.15) is 19.3 Å². The van der Waals surface area contributed by atoms with Gasteiger partial charge in [0.15, 0.2) is 0 Å². The maximum Gasteiger partial charge on any atom is 0.407 e. The Balaban J connectivity index is 0.925. The predicted octanol–water partition coefficient (Wildman–Crippen LogP) is 6.69. The van der Waals surface area contributed by atoms with Gasteiger partial charge in [-0.1, -0.05) is 97.1 Å². The number of carbonyl (C=O) groups excluding carboxylic acids is 2. The van der Waals surface area contributed by atoms with Crippen LogP contribution in [0.5, 0.6) is 0 Å². The first-order valence-corrected chi connectivity index (χ1v) is 14.9. The lowest BCUT2D eigenvalue weighted by atomic mass is 9.98. The van der Waals surface area contributed by atoms with Crippen LogP contribution in [0, 0.1) is 0 Å². The molecule has 0 radical (unpaired) electrons. The Morgan fingerprint density at radius 3 is 1.45 bits per heavy atom. The lowest BCUT2D eigenvalue weighted by molar-refractivity contribution is -0.139. The predicted molar refractivity (Wildman–Crippen MR) is 167 cm³/mol. The normalized spacial score (nSPS) is 13.6. The molecule has 224 valence electrons. The summed E-state index contributed by atoms with van der Waals surface area (Å²) in [7, 11) is 0. The number of benzene rings is 4. The lowest BCUT2D eigenvalue weighted by Crippen LogP contribution is -2.41. The Morgan fingerprint density at radius 2 is 1.02 bits per heavy atom. The second kappa shape index (κ2) is 13.0. The van der Waals surface area contributed by atoms with E-state index in [1.165, 1.54) is 0 Å². The molecule has 4 aromatic carbocycles. The highest BCUT2D eigenvalue weighted by atomic mass is 16.6. The third-order valence-corrected chi connectivity index (χ3v) is 8.47. The van der Waals surface area contributed by atoms with E-state index in [-0.39, 0.29) is 31.5 Å². The number of carboxylic acid groups (broad SMARTS) is 1. The van der Waals surface area contributed by atoms with Gasteiger partial charge in [0.25, 0.3) is 0 Å². The van der Waals surface area contributed by atoms with Crippen molar-refractivity contribution in [2.45, 2.75) is 37.1 Å². The van der Waals surface area contributed by atoms with Crippen molar-refractivity contribution in [3.05, 3.63) is 119 Å². The zero-order valence-electron chi connectivity index (χ0n) is 24.2. The Bertz CT molecular complexity index is 1590. The largest absolute Gasteiger partial charge is 0.480 e. The summed E-state index contributed by atoms with van der Waals surface area (Å²) in [5.74, 6) is -1.27. The number of hydrogen-bond donors (Lipinski definition) is 3. The fourth-order valence-corrected chi connectivity index (χ4v) is 6.35. The Hall–Kier alpha value is -5.11. The van der Waals surface area contributed by atoms with Gasteiger partial charge in [0, 0.05) is 18.4 Å². The molecule has 0 fully saturated rings. The Kier molecular flexibility index (Phi) is 8.59. The molecule has 44 heavy (non-hydrogen) atoms. The van der Waals surface area contributed by atoms with Gasteiger partial charge < -0.3 is 25.2 Å². The molecular weight excluding hydrogens is 556 g/mol. The monoisotopic (exact) mass is 590 g/mol. The van der Waals surface area contributed by atoms with Gasteiger partial charge in [-0.3, -0.25) is 0 Å². The van der Waals surface area contributed by atoms with Gasteiger partial charge in [-0.25, -0.2) is 14.4 Å². The number of aliphatic carboxylic acids is 1. The molecule has 3 N–H and O–H groups in total. The molecular formula is C36H34N2O6. The number of amides is 2. The molecule has 0 aliphatic heterocycles. The summed E-state index contributed by atoms with van der Waals surface area (Å²) < 4.78 is 11.1. The topological polar surface area (TPSA) is 114 Å². The van der Waals surface area contributed by atoms with Gasteiger partial charge in [0.2, 0.25) is 0 Å². The summed E-state index contributed by atoms with van der Waals surface area (Å²) >= 11 is 0. The molecule has 2 aliphatic carbocycles. The maximum absolute atomic E-state index is 12.6.